The SMILES string of the molecule is CCCN(C(=O)C(NC(=O)OC(C)(C)C)C(C)C)C(C(=O)NC(C)(C)C)c1cccc(O)c1. The summed E-state index contributed by atoms with van der Waals surface area (Å²) >= 11 is 0. The molecule has 186 valence electrons. The van der Waals surface area contributed by atoms with Crippen molar-refractivity contribution in [1.29, 1.82) is 0 Å². The van der Waals surface area contributed by atoms with Gasteiger partial charge in [0.2, 0.25) is 11.8 Å². The predicted octanol–water partition coefficient (Wildman–Crippen LogP) is 4.14. The molecule has 0 aliphatic rings. The van der Waals surface area contributed by atoms with Gasteiger partial charge >= 0.3 is 6.09 Å². The van der Waals surface area contributed by atoms with Crippen molar-refractivity contribution in [1.82, 2.24) is 15.5 Å². The van der Waals surface area contributed by atoms with Crippen molar-refractivity contribution in [2.45, 2.75) is 92.0 Å². The zero-order valence-electron chi connectivity index (χ0n) is 21.5. The molecular formula is C25H41N3O5. The number of carbonyl (C=O) groups is 3. The van der Waals surface area contributed by atoms with Crippen LogP contribution in [0.25, 0.3) is 0 Å². The Kier molecular flexibility index (Phi) is 9.75. The van der Waals surface area contributed by atoms with E-state index in [1.807, 2.05) is 41.5 Å². The molecule has 0 heterocycles. The molecule has 0 spiro atoms. The van der Waals surface area contributed by atoms with E-state index in [4.69, 9.17) is 4.74 Å². The van der Waals surface area contributed by atoms with Crippen molar-refractivity contribution in [2.24, 2.45) is 5.92 Å². The number of benzene rings is 1. The number of phenols is 1. The largest absolute Gasteiger partial charge is 0.508 e. The molecule has 0 fully saturated rings. The average molecular weight is 464 g/mol. The predicted molar refractivity (Wildman–Crippen MR) is 129 cm³/mol. The fourth-order valence-corrected chi connectivity index (χ4v) is 3.34. The van der Waals surface area contributed by atoms with Gasteiger partial charge in [0.25, 0.3) is 0 Å². The van der Waals surface area contributed by atoms with Gasteiger partial charge in [0.05, 0.1) is 0 Å². The first kappa shape index (κ1) is 28.3. The standard InChI is InChI=1S/C25H41N3O5/c1-10-14-28(22(31)19(16(2)3)26-23(32)33-25(7,8)9)20(21(30)27-24(4,5)6)17-12-11-13-18(29)15-17/h11-13,15-16,19-20,29H,10,14H2,1-9H3,(H,26,32)(H,27,30). The minimum atomic E-state index is -0.981. The van der Waals surface area contributed by atoms with Crippen LogP contribution in [0.4, 0.5) is 4.79 Å². The van der Waals surface area contributed by atoms with E-state index in [1.54, 1.807) is 32.9 Å². The molecule has 3 amide bonds. The van der Waals surface area contributed by atoms with Gasteiger partial charge in [-0.1, -0.05) is 32.9 Å². The summed E-state index contributed by atoms with van der Waals surface area (Å²) in [6.45, 7) is 16.7. The van der Waals surface area contributed by atoms with Crippen LogP contribution in [0.15, 0.2) is 24.3 Å². The summed E-state index contributed by atoms with van der Waals surface area (Å²) in [5.74, 6) is -1.01. The number of alkyl carbamates (subject to hydrolysis) is 1. The van der Waals surface area contributed by atoms with Gasteiger partial charge in [-0.2, -0.15) is 0 Å². The summed E-state index contributed by atoms with van der Waals surface area (Å²) in [5, 5.41) is 15.7. The minimum Gasteiger partial charge on any atom is -0.508 e. The molecule has 3 N–H and O–H groups in total. The van der Waals surface area contributed by atoms with Crippen LogP contribution in [0.3, 0.4) is 0 Å². The zero-order chi connectivity index (χ0) is 25.6. The van der Waals surface area contributed by atoms with Crippen molar-refractivity contribution >= 4 is 17.9 Å². The van der Waals surface area contributed by atoms with Gasteiger partial charge in [-0.05, 0) is 71.6 Å². The molecule has 33 heavy (non-hydrogen) atoms. The van der Waals surface area contributed by atoms with Crippen LogP contribution in [-0.4, -0.2) is 51.6 Å². The second-order valence-corrected chi connectivity index (χ2v) is 10.6. The van der Waals surface area contributed by atoms with Crippen LogP contribution < -0.4 is 10.6 Å². The van der Waals surface area contributed by atoms with E-state index in [-0.39, 0.29) is 24.1 Å². The fourth-order valence-electron chi connectivity index (χ4n) is 3.34. The summed E-state index contributed by atoms with van der Waals surface area (Å²) in [5.41, 5.74) is -0.758. The van der Waals surface area contributed by atoms with Crippen LogP contribution in [0.2, 0.25) is 0 Å². The van der Waals surface area contributed by atoms with Crippen molar-refractivity contribution < 1.29 is 24.2 Å². The smallest absolute Gasteiger partial charge is 0.408 e. The highest BCUT2D eigenvalue weighted by molar-refractivity contribution is 5.92. The highest BCUT2D eigenvalue weighted by Gasteiger charge is 2.38. The molecule has 0 aliphatic heterocycles. The lowest BCUT2D eigenvalue weighted by Crippen LogP contribution is -2.56. The quantitative estimate of drug-likeness (QED) is 0.537. The van der Waals surface area contributed by atoms with Gasteiger partial charge in [-0.25, -0.2) is 4.79 Å². The maximum absolute atomic E-state index is 13.8. The van der Waals surface area contributed by atoms with E-state index >= 15 is 0 Å². The van der Waals surface area contributed by atoms with Crippen LogP contribution in [0.1, 0.15) is 80.3 Å². The van der Waals surface area contributed by atoms with E-state index in [9.17, 15) is 19.5 Å². The fraction of sp³-hybridized carbons (Fsp3) is 0.640. The topological polar surface area (TPSA) is 108 Å². The maximum Gasteiger partial charge on any atom is 0.408 e. The van der Waals surface area contributed by atoms with Crippen molar-refractivity contribution in [3.8, 4) is 5.75 Å². The first-order valence-corrected chi connectivity index (χ1v) is 11.5. The third-order valence-corrected chi connectivity index (χ3v) is 4.60. The van der Waals surface area contributed by atoms with E-state index in [1.165, 1.54) is 17.0 Å². The lowest BCUT2D eigenvalue weighted by Gasteiger charge is -2.36. The first-order chi connectivity index (χ1) is 15.1. The summed E-state index contributed by atoms with van der Waals surface area (Å²) in [6, 6.07) is 4.45. The summed E-state index contributed by atoms with van der Waals surface area (Å²) in [4.78, 5) is 41.1. The Morgan fingerprint density at radius 2 is 1.70 bits per heavy atom. The lowest BCUT2D eigenvalue weighted by molar-refractivity contribution is -0.144. The molecule has 1 aromatic carbocycles. The van der Waals surface area contributed by atoms with E-state index in [2.05, 4.69) is 10.6 Å². The normalized spacial score (nSPS) is 13.8. The molecule has 8 heteroatoms. The Morgan fingerprint density at radius 1 is 1.09 bits per heavy atom. The van der Waals surface area contributed by atoms with Gasteiger partial charge in [0.1, 0.15) is 23.4 Å². The third-order valence-electron chi connectivity index (χ3n) is 4.60. The number of carbonyl (C=O) groups excluding carboxylic acids is 3. The third kappa shape index (κ3) is 9.32. The van der Waals surface area contributed by atoms with E-state index in [0.29, 0.717) is 12.0 Å². The van der Waals surface area contributed by atoms with Crippen molar-refractivity contribution in [3.63, 3.8) is 0 Å². The molecule has 0 aromatic heterocycles. The number of rotatable bonds is 8. The summed E-state index contributed by atoms with van der Waals surface area (Å²) in [6.07, 6.45) is -0.0970. The van der Waals surface area contributed by atoms with E-state index in [0.717, 1.165) is 0 Å². The van der Waals surface area contributed by atoms with Gasteiger partial charge in [0.15, 0.2) is 0 Å². The Labute approximate surface area is 198 Å². The number of hydrogen-bond acceptors (Lipinski definition) is 5. The van der Waals surface area contributed by atoms with Gasteiger partial charge in [0, 0.05) is 12.1 Å². The second kappa shape index (κ2) is 11.4. The number of aromatic hydroxyl groups is 1. The van der Waals surface area contributed by atoms with Crippen molar-refractivity contribution in [2.75, 3.05) is 6.54 Å². The molecule has 0 bridgehead atoms. The molecule has 2 unspecified atom stereocenters. The van der Waals surface area contributed by atoms with Crippen molar-refractivity contribution in [3.05, 3.63) is 29.8 Å². The summed E-state index contributed by atoms with van der Waals surface area (Å²) in [7, 11) is 0. The number of nitrogens with zero attached hydrogens (tertiary/aromatic N) is 1. The maximum atomic E-state index is 13.8. The Balaban J connectivity index is 3.43. The van der Waals surface area contributed by atoms with Crippen LogP contribution >= 0.6 is 0 Å². The van der Waals surface area contributed by atoms with Crippen LogP contribution in [-0.2, 0) is 14.3 Å². The zero-order valence-corrected chi connectivity index (χ0v) is 21.5. The molecule has 8 nitrogen and oxygen atoms in total. The molecule has 0 aliphatic carbocycles. The molecule has 0 radical (unpaired) electrons. The molecule has 1 aromatic rings. The highest BCUT2D eigenvalue weighted by Crippen LogP contribution is 2.27. The van der Waals surface area contributed by atoms with Gasteiger partial charge in [-0.15, -0.1) is 0 Å². The monoisotopic (exact) mass is 463 g/mol. The number of phenolic OH excluding ortho intramolecular Hbond substituents is 1. The van der Waals surface area contributed by atoms with E-state index < -0.39 is 35.2 Å². The van der Waals surface area contributed by atoms with Gasteiger partial charge in [-0.3, -0.25) is 9.59 Å². The Hall–Kier alpha value is -2.77. The number of nitrogens with one attached hydrogen (secondary N) is 2. The van der Waals surface area contributed by atoms with Gasteiger partial charge < -0.3 is 25.4 Å². The van der Waals surface area contributed by atoms with Crippen LogP contribution in [0.5, 0.6) is 5.75 Å². The molecular weight excluding hydrogens is 422 g/mol. The van der Waals surface area contributed by atoms with Crippen LogP contribution in [0, 0.1) is 5.92 Å². The molecule has 1 rings (SSSR count). The molecule has 2 atom stereocenters. The highest BCUT2D eigenvalue weighted by atomic mass is 16.6. The second-order valence-electron chi connectivity index (χ2n) is 10.6. The first-order valence-electron chi connectivity index (χ1n) is 11.5. The lowest BCUT2D eigenvalue weighted by atomic mass is 9.97. The average Bonchev–Trinajstić information content (AvgIpc) is 2.62. The number of amides is 3. The summed E-state index contributed by atoms with van der Waals surface area (Å²) < 4.78 is 5.35. The Bertz CT molecular complexity index is 824. The minimum absolute atomic E-state index is 0.00255. The molecule has 0 saturated heterocycles. The molecule has 0 saturated carbocycles. The number of hydrogen-bond donors (Lipinski definition) is 3. The number of ether oxygens (including phenoxy) is 1. The Morgan fingerprint density at radius 3 is 2.15 bits per heavy atom.